The Hall–Kier alpha value is -0.770. The van der Waals surface area contributed by atoms with Crippen LogP contribution in [0.3, 0.4) is 0 Å². The minimum absolute atomic E-state index is 0. The van der Waals surface area contributed by atoms with E-state index in [4.69, 9.17) is 4.74 Å². The van der Waals surface area contributed by atoms with Gasteiger partial charge in [-0.3, -0.25) is 0 Å². The normalized spacial score (nSPS) is 19.8. The first-order valence-corrected chi connectivity index (χ1v) is 5.97. The fourth-order valence-electron chi connectivity index (χ4n) is 2.00. The maximum atomic E-state index is 5.83. The highest BCUT2D eigenvalue weighted by Gasteiger charge is 2.18. The van der Waals surface area contributed by atoms with Gasteiger partial charge >= 0.3 is 0 Å². The molecule has 0 bridgehead atoms. The molecule has 2 rings (SSSR count). The summed E-state index contributed by atoms with van der Waals surface area (Å²) in [7, 11) is 0. The van der Waals surface area contributed by atoms with E-state index >= 15 is 0 Å². The Balaban J connectivity index is 0.00000144. The minimum atomic E-state index is 0. The van der Waals surface area contributed by atoms with Gasteiger partial charge in [0.1, 0.15) is 5.75 Å². The van der Waals surface area contributed by atoms with Crippen molar-refractivity contribution in [1.82, 2.24) is 10.6 Å². The van der Waals surface area contributed by atoms with Crippen molar-refractivity contribution in [1.29, 1.82) is 0 Å². The fraction of sp³-hybridized carbons (Fsp3) is 0.538. The number of hydrogen-bond donors (Lipinski definition) is 2. The summed E-state index contributed by atoms with van der Waals surface area (Å²) < 4.78 is 5.83. The first-order valence-electron chi connectivity index (χ1n) is 5.97. The largest absolute Gasteiger partial charge is 0.491 e. The Morgan fingerprint density at radius 3 is 2.65 bits per heavy atom. The molecule has 1 unspecified atom stereocenters. The third-order valence-electron chi connectivity index (χ3n) is 2.70. The van der Waals surface area contributed by atoms with E-state index in [1.54, 1.807) is 0 Å². The number of benzene rings is 1. The van der Waals surface area contributed by atoms with Crippen molar-refractivity contribution in [2.75, 3.05) is 19.6 Å². The first-order chi connectivity index (χ1) is 7.77. The molecule has 1 aliphatic heterocycles. The van der Waals surface area contributed by atoms with Crippen LogP contribution in [0.4, 0.5) is 0 Å². The molecule has 2 N–H and O–H groups in total. The first kappa shape index (κ1) is 14.3. The van der Waals surface area contributed by atoms with Crippen molar-refractivity contribution < 1.29 is 4.74 Å². The summed E-state index contributed by atoms with van der Waals surface area (Å²) >= 11 is 0. The van der Waals surface area contributed by atoms with Crippen molar-refractivity contribution in [3.8, 4) is 5.75 Å². The van der Waals surface area contributed by atoms with Gasteiger partial charge in [-0.25, -0.2) is 0 Å². The Labute approximate surface area is 109 Å². The lowest BCUT2D eigenvalue weighted by atomic mass is 10.0. The summed E-state index contributed by atoms with van der Waals surface area (Å²) in [4.78, 5) is 0. The van der Waals surface area contributed by atoms with Crippen molar-refractivity contribution in [3.05, 3.63) is 29.8 Å². The maximum Gasteiger partial charge on any atom is 0.124 e. The number of rotatable bonds is 3. The predicted molar refractivity (Wildman–Crippen MR) is 73.1 cm³/mol. The van der Waals surface area contributed by atoms with Crippen LogP contribution in [0.25, 0.3) is 0 Å². The van der Waals surface area contributed by atoms with Gasteiger partial charge in [-0.1, -0.05) is 18.2 Å². The van der Waals surface area contributed by atoms with Gasteiger partial charge in [0.15, 0.2) is 0 Å². The molecule has 0 aromatic heterocycles. The minimum Gasteiger partial charge on any atom is -0.491 e. The molecule has 0 radical (unpaired) electrons. The number of para-hydroxylation sites is 1. The summed E-state index contributed by atoms with van der Waals surface area (Å²) in [6, 6.07) is 8.65. The molecule has 3 nitrogen and oxygen atoms in total. The van der Waals surface area contributed by atoms with Gasteiger partial charge in [-0.05, 0) is 19.9 Å². The molecule has 0 saturated carbocycles. The summed E-state index contributed by atoms with van der Waals surface area (Å²) in [5.41, 5.74) is 1.25. The molecule has 96 valence electrons. The van der Waals surface area contributed by atoms with Crippen LogP contribution in [-0.2, 0) is 0 Å². The predicted octanol–water partition coefficient (Wildman–Crippen LogP) is 2.13. The van der Waals surface area contributed by atoms with E-state index in [1.807, 2.05) is 12.1 Å². The van der Waals surface area contributed by atoms with Gasteiger partial charge in [-0.15, -0.1) is 12.4 Å². The average Bonchev–Trinajstić information content (AvgIpc) is 2.30. The number of hydrogen-bond acceptors (Lipinski definition) is 3. The van der Waals surface area contributed by atoms with Crippen molar-refractivity contribution in [3.63, 3.8) is 0 Å². The highest BCUT2D eigenvalue weighted by Crippen LogP contribution is 2.26. The van der Waals surface area contributed by atoms with Gasteiger partial charge in [0.25, 0.3) is 0 Å². The Bertz CT molecular complexity index is 338. The molecule has 1 heterocycles. The van der Waals surface area contributed by atoms with Crippen LogP contribution in [0.15, 0.2) is 24.3 Å². The molecule has 1 aromatic carbocycles. The van der Waals surface area contributed by atoms with E-state index in [2.05, 4.69) is 36.6 Å². The smallest absolute Gasteiger partial charge is 0.124 e. The van der Waals surface area contributed by atoms with Crippen molar-refractivity contribution in [2.45, 2.75) is 26.0 Å². The molecule has 0 aliphatic carbocycles. The zero-order valence-electron chi connectivity index (χ0n) is 10.4. The molecular formula is C13H21ClN2O. The summed E-state index contributed by atoms with van der Waals surface area (Å²) in [5, 5.41) is 6.90. The van der Waals surface area contributed by atoms with Gasteiger partial charge in [-0.2, -0.15) is 0 Å². The van der Waals surface area contributed by atoms with Gasteiger partial charge in [0.05, 0.1) is 6.10 Å². The number of nitrogens with one attached hydrogen (secondary N) is 2. The van der Waals surface area contributed by atoms with Crippen LogP contribution < -0.4 is 15.4 Å². The monoisotopic (exact) mass is 256 g/mol. The maximum absolute atomic E-state index is 5.83. The molecule has 1 fully saturated rings. The van der Waals surface area contributed by atoms with E-state index in [9.17, 15) is 0 Å². The third-order valence-corrected chi connectivity index (χ3v) is 2.70. The van der Waals surface area contributed by atoms with Gasteiger partial charge in [0.2, 0.25) is 0 Å². The lowest BCUT2D eigenvalue weighted by molar-refractivity contribution is 0.236. The van der Waals surface area contributed by atoms with E-state index in [1.165, 1.54) is 5.56 Å². The molecule has 0 spiro atoms. The Kier molecular flexibility index (Phi) is 5.75. The van der Waals surface area contributed by atoms with Gasteiger partial charge in [0, 0.05) is 31.2 Å². The molecule has 1 saturated heterocycles. The third kappa shape index (κ3) is 3.87. The lowest BCUT2D eigenvalue weighted by Crippen LogP contribution is -2.42. The second kappa shape index (κ2) is 6.84. The fourth-order valence-corrected chi connectivity index (χ4v) is 2.00. The van der Waals surface area contributed by atoms with Crippen LogP contribution in [-0.4, -0.2) is 25.7 Å². The molecule has 1 atom stereocenters. The highest BCUT2D eigenvalue weighted by atomic mass is 35.5. The van der Waals surface area contributed by atoms with Crippen molar-refractivity contribution >= 4 is 12.4 Å². The Morgan fingerprint density at radius 1 is 1.24 bits per heavy atom. The Morgan fingerprint density at radius 2 is 2.00 bits per heavy atom. The van der Waals surface area contributed by atoms with Crippen LogP contribution in [0.5, 0.6) is 5.75 Å². The average molecular weight is 257 g/mol. The van der Waals surface area contributed by atoms with Crippen molar-refractivity contribution in [2.24, 2.45) is 0 Å². The molecular weight excluding hydrogens is 236 g/mol. The van der Waals surface area contributed by atoms with Crippen LogP contribution in [0.2, 0.25) is 0 Å². The van der Waals surface area contributed by atoms with E-state index in [0.717, 1.165) is 25.4 Å². The SMILES string of the molecule is CC(C)Oc1ccccc1C1CNCCN1.Cl. The second-order valence-corrected chi connectivity index (χ2v) is 4.42. The van der Waals surface area contributed by atoms with Crippen LogP contribution >= 0.6 is 12.4 Å². The highest BCUT2D eigenvalue weighted by molar-refractivity contribution is 5.85. The molecule has 4 heteroatoms. The summed E-state index contributed by atoms with van der Waals surface area (Å²) in [6.45, 7) is 7.15. The topological polar surface area (TPSA) is 33.3 Å². The van der Waals surface area contributed by atoms with E-state index in [-0.39, 0.29) is 18.5 Å². The molecule has 0 amide bonds. The molecule has 1 aromatic rings. The molecule has 17 heavy (non-hydrogen) atoms. The van der Waals surface area contributed by atoms with Gasteiger partial charge < -0.3 is 15.4 Å². The summed E-state index contributed by atoms with van der Waals surface area (Å²) in [5.74, 6) is 0.999. The zero-order chi connectivity index (χ0) is 11.4. The number of piperazine rings is 1. The van der Waals surface area contributed by atoms with Crippen LogP contribution in [0.1, 0.15) is 25.5 Å². The van der Waals surface area contributed by atoms with Crippen LogP contribution in [0, 0.1) is 0 Å². The molecule has 1 aliphatic rings. The van der Waals surface area contributed by atoms with E-state index < -0.39 is 0 Å². The van der Waals surface area contributed by atoms with E-state index in [0.29, 0.717) is 6.04 Å². The second-order valence-electron chi connectivity index (χ2n) is 4.42. The summed E-state index contributed by atoms with van der Waals surface area (Å²) in [6.07, 6.45) is 0.220. The quantitative estimate of drug-likeness (QED) is 0.869. The standard InChI is InChI=1S/C13H20N2O.ClH/c1-10(2)16-13-6-4-3-5-11(13)12-9-14-7-8-15-12;/h3-6,10,12,14-15H,7-9H2,1-2H3;1H. The number of halogens is 1. The lowest BCUT2D eigenvalue weighted by Gasteiger charge is -2.27. The zero-order valence-corrected chi connectivity index (χ0v) is 11.2. The number of ether oxygens (including phenoxy) is 1.